The van der Waals surface area contributed by atoms with Gasteiger partial charge in [0, 0.05) is 22.9 Å². The smallest absolute Gasteiger partial charge is 0.258 e. The molecular formula is C23H28ClN3O5. The SMILES string of the molecule is COc1cc(C(=O)NC(=NCC2CCCO2)Nc2ccc(Cl)cc2C)cc(OC)c1OC. The van der Waals surface area contributed by atoms with Crippen molar-refractivity contribution in [2.24, 2.45) is 4.99 Å². The number of hydrogen-bond acceptors (Lipinski definition) is 6. The van der Waals surface area contributed by atoms with Gasteiger partial charge in [0.15, 0.2) is 11.5 Å². The van der Waals surface area contributed by atoms with Gasteiger partial charge in [0.05, 0.1) is 34.0 Å². The van der Waals surface area contributed by atoms with Crippen LogP contribution in [0.15, 0.2) is 35.3 Å². The average Bonchev–Trinajstić information content (AvgIpc) is 3.31. The van der Waals surface area contributed by atoms with E-state index in [1.807, 2.05) is 19.1 Å². The monoisotopic (exact) mass is 461 g/mol. The van der Waals surface area contributed by atoms with Crippen molar-refractivity contribution in [3.05, 3.63) is 46.5 Å². The minimum absolute atomic E-state index is 0.0381. The van der Waals surface area contributed by atoms with E-state index in [1.54, 1.807) is 18.2 Å². The highest BCUT2D eigenvalue weighted by Crippen LogP contribution is 2.38. The van der Waals surface area contributed by atoms with Crippen LogP contribution >= 0.6 is 11.6 Å². The zero-order valence-corrected chi connectivity index (χ0v) is 19.4. The number of nitrogens with one attached hydrogen (secondary N) is 2. The molecular weight excluding hydrogens is 434 g/mol. The quantitative estimate of drug-likeness (QED) is 0.477. The van der Waals surface area contributed by atoms with E-state index < -0.39 is 0 Å². The second-order valence-corrected chi connectivity index (χ2v) is 7.71. The Labute approximate surface area is 192 Å². The Morgan fingerprint density at radius 2 is 1.88 bits per heavy atom. The average molecular weight is 462 g/mol. The molecule has 2 aromatic carbocycles. The van der Waals surface area contributed by atoms with Crippen LogP contribution in [0.4, 0.5) is 5.69 Å². The fourth-order valence-corrected chi connectivity index (χ4v) is 3.61. The Hall–Kier alpha value is -2.97. The summed E-state index contributed by atoms with van der Waals surface area (Å²) in [7, 11) is 4.50. The number of amides is 1. The molecule has 0 aromatic heterocycles. The first-order valence-corrected chi connectivity index (χ1v) is 10.6. The van der Waals surface area contributed by atoms with Gasteiger partial charge in [0.1, 0.15) is 0 Å². The van der Waals surface area contributed by atoms with Crippen LogP contribution in [-0.4, -0.2) is 52.5 Å². The van der Waals surface area contributed by atoms with Crippen LogP contribution < -0.4 is 24.8 Å². The van der Waals surface area contributed by atoms with Crippen LogP contribution in [0.2, 0.25) is 5.02 Å². The van der Waals surface area contributed by atoms with Gasteiger partial charge >= 0.3 is 0 Å². The lowest BCUT2D eigenvalue weighted by atomic mass is 10.1. The van der Waals surface area contributed by atoms with Gasteiger partial charge in [0.25, 0.3) is 5.91 Å². The summed E-state index contributed by atoms with van der Waals surface area (Å²) in [4.78, 5) is 17.7. The summed E-state index contributed by atoms with van der Waals surface area (Å²) < 4.78 is 21.7. The maximum absolute atomic E-state index is 13.1. The maximum Gasteiger partial charge on any atom is 0.258 e. The van der Waals surface area contributed by atoms with Gasteiger partial charge in [-0.1, -0.05) is 11.6 Å². The van der Waals surface area contributed by atoms with Crippen molar-refractivity contribution < 1.29 is 23.7 Å². The summed E-state index contributed by atoms with van der Waals surface area (Å²) >= 11 is 6.07. The standard InChI is InChI=1S/C23H28ClN3O5/c1-14-10-16(24)7-8-18(14)26-23(25-13-17-6-5-9-32-17)27-22(28)15-11-19(29-2)21(31-4)20(12-15)30-3/h7-8,10-12,17H,5-6,9,13H2,1-4H3,(H2,25,26,27,28). The number of benzene rings is 2. The van der Waals surface area contributed by atoms with Crippen molar-refractivity contribution in [1.29, 1.82) is 0 Å². The number of guanidine groups is 1. The van der Waals surface area contributed by atoms with E-state index >= 15 is 0 Å². The van der Waals surface area contributed by atoms with Crippen LogP contribution in [0.3, 0.4) is 0 Å². The van der Waals surface area contributed by atoms with Crippen LogP contribution in [0.25, 0.3) is 0 Å². The van der Waals surface area contributed by atoms with Crippen LogP contribution in [0.1, 0.15) is 28.8 Å². The predicted octanol–water partition coefficient (Wildman–Crippen LogP) is 4.05. The Bertz CT molecular complexity index is 965. The molecule has 1 fully saturated rings. The molecule has 1 aliphatic rings. The van der Waals surface area contributed by atoms with E-state index in [1.165, 1.54) is 21.3 Å². The van der Waals surface area contributed by atoms with Gasteiger partial charge in [-0.3, -0.25) is 10.1 Å². The number of hydrogen-bond donors (Lipinski definition) is 2. The molecule has 1 amide bonds. The third-order valence-electron chi connectivity index (χ3n) is 5.08. The molecule has 2 aromatic rings. The van der Waals surface area contributed by atoms with Crippen LogP contribution in [-0.2, 0) is 4.74 Å². The number of carbonyl (C=O) groups excluding carboxylic acids is 1. The number of methoxy groups -OCH3 is 3. The molecule has 2 N–H and O–H groups in total. The topological polar surface area (TPSA) is 90.4 Å². The summed E-state index contributed by atoms with van der Waals surface area (Å²) in [5.74, 6) is 1.11. The first-order valence-electron chi connectivity index (χ1n) is 10.3. The van der Waals surface area contributed by atoms with E-state index in [9.17, 15) is 4.79 Å². The third kappa shape index (κ3) is 5.83. The highest BCUT2D eigenvalue weighted by atomic mass is 35.5. The zero-order chi connectivity index (χ0) is 23.1. The van der Waals surface area contributed by atoms with Crippen molar-refractivity contribution >= 4 is 29.2 Å². The van der Waals surface area contributed by atoms with Gasteiger partial charge in [-0.05, 0) is 55.7 Å². The number of ether oxygens (including phenoxy) is 4. The Balaban J connectivity index is 1.86. The van der Waals surface area contributed by atoms with Crippen molar-refractivity contribution in [2.45, 2.75) is 25.9 Å². The molecule has 8 nitrogen and oxygen atoms in total. The van der Waals surface area contributed by atoms with Crippen molar-refractivity contribution in [1.82, 2.24) is 5.32 Å². The first kappa shape index (κ1) is 23.7. The molecule has 0 radical (unpaired) electrons. The van der Waals surface area contributed by atoms with E-state index in [-0.39, 0.29) is 12.0 Å². The zero-order valence-electron chi connectivity index (χ0n) is 18.7. The fraction of sp³-hybridized carbons (Fsp3) is 0.391. The third-order valence-corrected chi connectivity index (χ3v) is 5.31. The van der Waals surface area contributed by atoms with E-state index in [0.29, 0.717) is 40.3 Å². The lowest BCUT2D eigenvalue weighted by Crippen LogP contribution is -2.37. The number of rotatable bonds is 7. The van der Waals surface area contributed by atoms with Crippen LogP contribution in [0.5, 0.6) is 17.2 Å². The first-order chi connectivity index (χ1) is 15.4. The van der Waals surface area contributed by atoms with Gasteiger partial charge in [-0.15, -0.1) is 0 Å². The second kappa shape index (κ2) is 11.1. The summed E-state index contributed by atoms with van der Waals surface area (Å²) in [5.41, 5.74) is 2.04. The molecule has 0 aliphatic carbocycles. The Kier molecular flexibility index (Phi) is 8.19. The summed E-state index contributed by atoms with van der Waals surface area (Å²) in [6.07, 6.45) is 1.99. The molecule has 172 valence electrons. The molecule has 3 rings (SSSR count). The molecule has 9 heteroatoms. The molecule has 1 aliphatic heterocycles. The summed E-state index contributed by atoms with van der Waals surface area (Å²) in [5, 5.41) is 6.67. The van der Waals surface area contributed by atoms with Gasteiger partial charge in [-0.2, -0.15) is 0 Å². The van der Waals surface area contributed by atoms with E-state index in [2.05, 4.69) is 15.6 Å². The highest BCUT2D eigenvalue weighted by Gasteiger charge is 2.19. The predicted molar refractivity (Wildman–Crippen MR) is 125 cm³/mol. The Morgan fingerprint density at radius 3 is 2.44 bits per heavy atom. The highest BCUT2D eigenvalue weighted by molar-refractivity contribution is 6.30. The largest absolute Gasteiger partial charge is 0.493 e. The molecule has 0 saturated carbocycles. The minimum Gasteiger partial charge on any atom is -0.493 e. The lowest BCUT2D eigenvalue weighted by molar-refractivity contribution is 0.0974. The number of aryl methyl sites for hydroxylation is 1. The summed E-state index contributed by atoms with van der Waals surface area (Å²) in [6, 6.07) is 8.62. The molecule has 1 atom stereocenters. The van der Waals surface area contributed by atoms with Crippen molar-refractivity contribution in [3.8, 4) is 17.2 Å². The lowest BCUT2D eigenvalue weighted by Gasteiger charge is -2.16. The number of anilines is 1. The van der Waals surface area contributed by atoms with Crippen molar-refractivity contribution in [3.63, 3.8) is 0 Å². The van der Waals surface area contributed by atoms with Gasteiger partial charge < -0.3 is 24.3 Å². The molecule has 32 heavy (non-hydrogen) atoms. The normalized spacial score (nSPS) is 15.9. The number of carbonyl (C=O) groups is 1. The second-order valence-electron chi connectivity index (χ2n) is 7.28. The maximum atomic E-state index is 13.1. The van der Waals surface area contributed by atoms with E-state index in [0.717, 1.165) is 30.7 Å². The number of aliphatic imine (C=N–C) groups is 1. The Morgan fingerprint density at radius 1 is 1.16 bits per heavy atom. The molecule has 1 unspecified atom stereocenters. The molecule has 0 spiro atoms. The van der Waals surface area contributed by atoms with E-state index in [4.69, 9.17) is 30.5 Å². The number of nitrogens with zero attached hydrogens (tertiary/aromatic N) is 1. The summed E-state index contributed by atoms with van der Waals surface area (Å²) in [6.45, 7) is 3.09. The van der Waals surface area contributed by atoms with Crippen molar-refractivity contribution in [2.75, 3.05) is 39.8 Å². The minimum atomic E-state index is -0.380. The van der Waals surface area contributed by atoms with Gasteiger partial charge in [-0.25, -0.2) is 4.99 Å². The fourth-order valence-electron chi connectivity index (χ4n) is 3.38. The van der Waals surface area contributed by atoms with Gasteiger partial charge in [0.2, 0.25) is 11.7 Å². The molecule has 1 heterocycles. The molecule has 1 saturated heterocycles. The van der Waals surface area contributed by atoms with Crippen LogP contribution in [0, 0.1) is 6.92 Å². The number of halogens is 1. The molecule has 0 bridgehead atoms.